The summed E-state index contributed by atoms with van der Waals surface area (Å²) in [5.41, 5.74) is 3.83. The molecule has 2 aromatic carbocycles. The Morgan fingerprint density at radius 1 is 1.08 bits per heavy atom. The molecule has 0 spiro atoms. The Morgan fingerprint density at radius 3 is 2.48 bits per heavy atom. The van der Waals surface area contributed by atoms with E-state index in [9.17, 15) is 14.7 Å². The van der Waals surface area contributed by atoms with Crippen LogP contribution >= 0.6 is 0 Å². The van der Waals surface area contributed by atoms with Gasteiger partial charge in [-0.2, -0.15) is 0 Å². The second-order valence-corrected chi connectivity index (χ2v) is 6.15. The topological polar surface area (TPSA) is 78.4 Å². The van der Waals surface area contributed by atoms with Crippen LogP contribution in [0, 0.1) is 13.8 Å². The minimum Gasteiger partial charge on any atom is -0.480 e. The lowest BCUT2D eigenvalue weighted by Gasteiger charge is -2.15. The van der Waals surface area contributed by atoms with Crippen molar-refractivity contribution in [2.24, 2.45) is 0 Å². The molecule has 0 unspecified atom stereocenters. The van der Waals surface area contributed by atoms with Crippen molar-refractivity contribution >= 4 is 17.6 Å². The van der Waals surface area contributed by atoms with Crippen molar-refractivity contribution in [2.75, 3.05) is 11.9 Å². The maximum atomic E-state index is 12.2. The summed E-state index contributed by atoms with van der Waals surface area (Å²) in [5, 5.41) is 15.1. The van der Waals surface area contributed by atoms with Crippen LogP contribution in [0.25, 0.3) is 0 Å². The van der Waals surface area contributed by atoms with Gasteiger partial charge in [-0.05, 0) is 49.6 Å². The van der Waals surface area contributed by atoms with Crippen LogP contribution in [0.5, 0.6) is 0 Å². The fourth-order valence-electron chi connectivity index (χ4n) is 2.54. The normalized spacial score (nSPS) is 11.8. The molecule has 0 heterocycles. The van der Waals surface area contributed by atoms with Crippen LogP contribution in [0.2, 0.25) is 0 Å². The Labute approximate surface area is 148 Å². The van der Waals surface area contributed by atoms with Crippen molar-refractivity contribution in [2.45, 2.75) is 32.7 Å². The van der Waals surface area contributed by atoms with E-state index in [0.717, 1.165) is 22.4 Å². The number of nitrogens with one attached hydrogen (secondary N) is 2. The third-order valence-electron chi connectivity index (χ3n) is 4.00. The van der Waals surface area contributed by atoms with E-state index in [1.165, 1.54) is 0 Å². The monoisotopic (exact) mass is 340 g/mol. The van der Waals surface area contributed by atoms with E-state index in [2.05, 4.69) is 10.6 Å². The molecule has 5 nitrogen and oxygen atoms in total. The highest BCUT2D eigenvalue weighted by molar-refractivity contribution is 5.94. The molecule has 1 atom stereocenters. The summed E-state index contributed by atoms with van der Waals surface area (Å²) in [4.78, 5) is 23.6. The maximum absolute atomic E-state index is 12.2. The lowest BCUT2D eigenvalue weighted by atomic mass is 10.1. The van der Waals surface area contributed by atoms with E-state index in [1.807, 2.05) is 62.4 Å². The van der Waals surface area contributed by atoms with E-state index in [0.29, 0.717) is 13.0 Å². The molecule has 0 fully saturated rings. The SMILES string of the molecule is Cc1ccc(C)c(NC(=O)C[C@H](NCCc2ccccc2)C(=O)O)c1. The van der Waals surface area contributed by atoms with Gasteiger partial charge in [0.05, 0.1) is 6.42 Å². The van der Waals surface area contributed by atoms with E-state index in [4.69, 9.17) is 0 Å². The smallest absolute Gasteiger partial charge is 0.321 e. The zero-order valence-corrected chi connectivity index (χ0v) is 14.6. The van der Waals surface area contributed by atoms with Gasteiger partial charge in [0.1, 0.15) is 6.04 Å². The molecule has 1 amide bonds. The number of rotatable bonds is 8. The summed E-state index contributed by atoms with van der Waals surface area (Å²) < 4.78 is 0. The number of carbonyl (C=O) groups excluding carboxylic acids is 1. The molecule has 132 valence electrons. The third-order valence-corrected chi connectivity index (χ3v) is 4.00. The van der Waals surface area contributed by atoms with Gasteiger partial charge in [0.25, 0.3) is 0 Å². The fourth-order valence-corrected chi connectivity index (χ4v) is 2.54. The summed E-state index contributed by atoms with van der Waals surface area (Å²) in [5.74, 6) is -1.34. The zero-order valence-electron chi connectivity index (χ0n) is 14.6. The van der Waals surface area contributed by atoms with Crippen molar-refractivity contribution in [3.05, 3.63) is 65.2 Å². The van der Waals surface area contributed by atoms with Crippen LogP contribution in [-0.2, 0) is 16.0 Å². The van der Waals surface area contributed by atoms with Gasteiger partial charge in [0, 0.05) is 5.69 Å². The van der Waals surface area contributed by atoms with Crippen LogP contribution in [0.1, 0.15) is 23.1 Å². The lowest BCUT2D eigenvalue weighted by Crippen LogP contribution is -2.40. The number of carboxylic acid groups (broad SMARTS) is 1. The molecule has 0 aromatic heterocycles. The van der Waals surface area contributed by atoms with Gasteiger partial charge in [-0.15, -0.1) is 0 Å². The molecular formula is C20H24N2O3. The van der Waals surface area contributed by atoms with E-state index in [1.54, 1.807) is 0 Å². The van der Waals surface area contributed by atoms with Crippen molar-refractivity contribution < 1.29 is 14.7 Å². The molecule has 0 aliphatic carbocycles. The van der Waals surface area contributed by atoms with Crippen LogP contribution in [0.15, 0.2) is 48.5 Å². The first-order valence-corrected chi connectivity index (χ1v) is 8.33. The standard InChI is InChI=1S/C20H24N2O3/c1-14-8-9-15(2)17(12-14)22-19(23)13-18(20(24)25)21-11-10-16-6-4-3-5-7-16/h3-9,12,18,21H,10-11,13H2,1-2H3,(H,22,23)(H,24,25)/t18-/m0/s1. The van der Waals surface area contributed by atoms with Gasteiger partial charge < -0.3 is 15.7 Å². The predicted molar refractivity (Wildman–Crippen MR) is 98.7 cm³/mol. The second kappa shape index (κ2) is 8.99. The number of benzene rings is 2. The molecular weight excluding hydrogens is 316 g/mol. The molecule has 0 aliphatic rings. The average Bonchev–Trinajstić information content (AvgIpc) is 2.58. The Morgan fingerprint density at radius 2 is 1.80 bits per heavy atom. The molecule has 0 aliphatic heterocycles. The van der Waals surface area contributed by atoms with Crippen LogP contribution in [0.4, 0.5) is 5.69 Å². The first-order chi connectivity index (χ1) is 12.0. The van der Waals surface area contributed by atoms with E-state index < -0.39 is 12.0 Å². The minimum absolute atomic E-state index is 0.114. The van der Waals surface area contributed by atoms with Crippen LogP contribution in [0.3, 0.4) is 0 Å². The number of aliphatic carboxylic acids is 1. The summed E-state index contributed by atoms with van der Waals surface area (Å²) in [7, 11) is 0. The highest BCUT2D eigenvalue weighted by Gasteiger charge is 2.20. The Hall–Kier alpha value is -2.66. The Balaban J connectivity index is 1.88. The van der Waals surface area contributed by atoms with Crippen LogP contribution in [-0.4, -0.2) is 29.6 Å². The van der Waals surface area contributed by atoms with Crippen LogP contribution < -0.4 is 10.6 Å². The summed E-state index contributed by atoms with van der Waals surface area (Å²) in [6, 6.07) is 14.7. The average molecular weight is 340 g/mol. The molecule has 0 saturated heterocycles. The number of amides is 1. The summed E-state index contributed by atoms with van der Waals surface area (Å²) in [6.45, 7) is 4.35. The fraction of sp³-hybridized carbons (Fsp3) is 0.300. The molecule has 5 heteroatoms. The van der Waals surface area contributed by atoms with Crippen molar-refractivity contribution in [1.29, 1.82) is 0 Å². The first-order valence-electron chi connectivity index (χ1n) is 8.33. The minimum atomic E-state index is -1.02. The van der Waals surface area contributed by atoms with Gasteiger partial charge >= 0.3 is 5.97 Å². The summed E-state index contributed by atoms with van der Waals surface area (Å²) in [6.07, 6.45) is 0.598. The molecule has 3 N–H and O–H groups in total. The molecule has 25 heavy (non-hydrogen) atoms. The number of aryl methyl sites for hydroxylation is 2. The van der Waals surface area contributed by atoms with Gasteiger partial charge in [0.2, 0.25) is 5.91 Å². The highest BCUT2D eigenvalue weighted by Crippen LogP contribution is 2.16. The van der Waals surface area contributed by atoms with Crippen molar-refractivity contribution in [3.63, 3.8) is 0 Å². The highest BCUT2D eigenvalue weighted by atomic mass is 16.4. The first kappa shape index (κ1) is 18.7. The molecule has 2 rings (SSSR count). The maximum Gasteiger partial charge on any atom is 0.321 e. The number of hydrogen-bond acceptors (Lipinski definition) is 3. The van der Waals surface area contributed by atoms with Gasteiger partial charge in [-0.1, -0.05) is 42.5 Å². The quantitative estimate of drug-likeness (QED) is 0.690. The third kappa shape index (κ3) is 6.04. The number of carboxylic acids is 1. The number of hydrogen-bond donors (Lipinski definition) is 3. The van der Waals surface area contributed by atoms with Gasteiger partial charge in [-0.3, -0.25) is 9.59 Å². The van der Waals surface area contributed by atoms with E-state index >= 15 is 0 Å². The lowest BCUT2D eigenvalue weighted by molar-refractivity contribution is -0.141. The van der Waals surface area contributed by atoms with Gasteiger partial charge in [-0.25, -0.2) is 0 Å². The molecule has 0 bridgehead atoms. The predicted octanol–water partition coefficient (Wildman–Crippen LogP) is 2.92. The summed E-state index contributed by atoms with van der Waals surface area (Å²) >= 11 is 0. The van der Waals surface area contributed by atoms with Crippen molar-refractivity contribution in [3.8, 4) is 0 Å². The number of carbonyl (C=O) groups is 2. The van der Waals surface area contributed by atoms with Gasteiger partial charge in [0.15, 0.2) is 0 Å². The number of anilines is 1. The molecule has 0 radical (unpaired) electrons. The molecule has 0 saturated carbocycles. The second-order valence-electron chi connectivity index (χ2n) is 6.15. The van der Waals surface area contributed by atoms with E-state index in [-0.39, 0.29) is 12.3 Å². The Kier molecular flexibility index (Phi) is 6.71. The molecule has 2 aromatic rings. The largest absolute Gasteiger partial charge is 0.480 e. The zero-order chi connectivity index (χ0) is 18.2. The Bertz CT molecular complexity index is 729. The van der Waals surface area contributed by atoms with Crippen molar-refractivity contribution in [1.82, 2.24) is 5.32 Å².